The zero-order chi connectivity index (χ0) is 36.6. The molecule has 0 unspecified atom stereocenters. The molecule has 0 saturated carbocycles. The van der Waals surface area contributed by atoms with Gasteiger partial charge in [0, 0.05) is 23.0 Å². The van der Waals surface area contributed by atoms with Crippen molar-refractivity contribution >= 4 is 49.8 Å². The van der Waals surface area contributed by atoms with Crippen molar-refractivity contribution in [3.8, 4) is 28.8 Å². The van der Waals surface area contributed by atoms with Crippen LogP contribution in [0.15, 0.2) is 78.0 Å². The van der Waals surface area contributed by atoms with Gasteiger partial charge >= 0.3 is 0 Å². The number of ketones is 1. The molecule has 0 bridgehead atoms. The standard InChI is InChI=1S/C33H25ClF4N6O6S/c1-16-8-30(50-32-21(35)4-3-5-22(32)36)40-14-26(16)44-33(39)19(13-41-44)31(45)25-9-17-10-27(49-15-29(37)38)24(12-23(17)42-25)43-51(46,47)28-11-18(48-2)6-7-20(28)34/h3-14,29,42-43H,15,39H2,1-2H3. The van der Waals surface area contributed by atoms with E-state index >= 15 is 0 Å². The number of halogens is 5. The molecule has 0 atom stereocenters. The first kappa shape index (κ1) is 35.0. The SMILES string of the molecule is COc1ccc(Cl)c(S(=O)(=O)Nc2cc3[nH]c(C(=O)c4cnn(-c5cnc(Oc6c(F)cccc6F)cc5C)c4N)cc3cc2OCC(F)F)c1. The van der Waals surface area contributed by atoms with E-state index in [0.29, 0.717) is 16.6 Å². The van der Waals surface area contributed by atoms with E-state index in [1.807, 2.05) is 0 Å². The Morgan fingerprint density at radius 3 is 2.51 bits per heavy atom. The maximum Gasteiger partial charge on any atom is 0.272 e. The lowest BCUT2D eigenvalue weighted by Crippen LogP contribution is -2.15. The molecule has 3 aromatic carbocycles. The molecule has 12 nitrogen and oxygen atoms in total. The van der Waals surface area contributed by atoms with Crippen molar-refractivity contribution in [1.29, 1.82) is 0 Å². The molecule has 0 fully saturated rings. The summed E-state index contributed by atoms with van der Waals surface area (Å²) in [5.41, 5.74) is 7.14. The molecular formula is C33H25ClF4N6O6S. The number of aromatic nitrogens is 4. The molecular weight excluding hydrogens is 720 g/mol. The lowest BCUT2D eigenvalue weighted by Gasteiger charge is -2.15. The summed E-state index contributed by atoms with van der Waals surface area (Å²) in [5.74, 6) is -3.30. The molecule has 0 aliphatic rings. The van der Waals surface area contributed by atoms with Gasteiger partial charge in [-0.3, -0.25) is 9.52 Å². The highest BCUT2D eigenvalue weighted by molar-refractivity contribution is 7.92. The van der Waals surface area contributed by atoms with Crippen LogP contribution < -0.4 is 24.7 Å². The van der Waals surface area contributed by atoms with Crippen molar-refractivity contribution in [1.82, 2.24) is 19.7 Å². The van der Waals surface area contributed by atoms with Gasteiger partial charge in [0.05, 0.1) is 47.2 Å². The molecule has 0 amide bonds. The maximum absolute atomic E-state index is 14.1. The number of nitrogen functional groups attached to an aromatic ring is 1. The Morgan fingerprint density at radius 1 is 1.08 bits per heavy atom. The van der Waals surface area contributed by atoms with E-state index in [-0.39, 0.29) is 55.6 Å². The number of methoxy groups -OCH3 is 1. The zero-order valence-corrected chi connectivity index (χ0v) is 28.0. The maximum atomic E-state index is 14.1. The minimum absolute atomic E-state index is 0.00239. The molecule has 3 heterocycles. The van der Waals surface area contributed by atoms with Crippen molar-refractivity contribution in [3.05, 3.63) is 107 Å². The topological polar surface area (TPSA) is 163 Å². The highest BCUT2D eigenvalue weighted by Crippen LogP contribution is 2.36. The van der Waals surface area contributed by atoms with Crippen LogP contribution in [0.3, 0.4) is 0 Å². The number of anilines is 2. The number of nitrogens with one attached hydrogen (secondary N) is 2. The van der Waals surface area contributed by atoms with Gasteiger partial charge in [-0.05, 0) is 55.0 Å². The molecule has 0 radical (unpaired) electrons. The number of H-pyrrole nitrogens is 1. The number of aromatic amines is 1. The van der Waals surface area contributed by atoms with Gasteiger partial charge in [0.1, 0.15) is 28.8 Å². The summed E-state index contributed by atoms with van der Waals surface area (Å²) in [7, 11) is -3.06. The number of hydrogen-bond acceptors (Lipinski definition) is 9. The number of nitrogens with zero attached hydrogens (tertiary/aromatic N) is 3. The minimum atomic E-state index is -4.40. The van der Waals surface area contributed by atoms with E-state index in [1.54, 1.807) is 6.92 Å². The molecule has 6 aromatic rings. The monoisotopic (exact) mass is 744 g/mol. The third kappa shape index (κ3) is 7.11. The molecule has 18 heteroatoms. The number of alkyl halides is 2. The number of rotatable bonds is 12. The lowest BCUT2D eigenvalue weighted by molar-refractivity contribution is 0.0823. The number of pyridine rings is 1. The van der Waals surface area contributed by atoms with E-state index in [2.05, 4.69) is 19.8 Å². The van der Waals surface area contributed by atoms with Crippen LogP contribution in [0.2, 0.25) is 5.02 Å². The first-order valence-corrected chi connectivity index (χ1v) is 16.5. The van der Waals surface area contributed by atoms with E-state index in [0.717, 1.165) is 12.1 Å². The van der Waals surface area contributed by atoms with E-state index in [9.17, 15) is 30.8 Å². The van der Waals surface area contributed by atoms with Crippen molar-refractivity contribution in [2.24, 2.45) is 0 Å². The number of carbonyl (C=O) groups excluding carboxylic acids is 1. The third-order valence-corrected chi connectivity index (χ3v) is 9.31. The molecule has 51 heavy (non-hydrogen) atoms. The van der Waals surface area contributed by atoms with Crippen LogP contribution in [0.1, 0.15) is 21.6 Å². The van der Waals surface area contributed by atoms with Gasteiger partial charge in [0.15, 0.2) is 11.6 Å². The average Bonchev–Trinajstić information content (AvgIpc) is 3.68. The fraction of sp³-hybridized carbons (Fsp3) is 0.121. The molecule has 6 rings (SSSR count). The van der Waals surface area contributed by atoms with Crippen molar-refractivity contribution < 1.29 is 45.0 Å². The van der Waals surface area contributed by atoms with Crippen molar-refractivity contribution in [2.75, 3.05) is 24.2 Å². The average molecular weight is 745 g/mol. The predicted molar refractivity (Wildman–Crippen MR) is 179 cm³/mol. The molecule has 4 N–H and O–H groups in total. The first-order valence-electron chi connectivity index (χ1n) is 14.7. The van der Waals surface area contributed by atoms with Gasteiger partial charge in [-0.25, -0.2) is 35.6 Å². The van der Waals surface area contributed by atoms with Gasteiger partial charge in [-0.1, -0.05) is 17.7 Å². The fourth-order valence-electron chi connectivity index (χ4n) is 5.01. The second-order valence-corrected chi connectivity index (χ2v) is 12.9. The van der Waals surface area contributed by atoms with Crippen LogP contribution in [0.5, 0.6) is 23.1 Å². The van der Waals surface area contributed by atoms with E-state index in [4.69, 9.17) is 31.5 Å². The molecule has 3 aromatic heterocycles. The van der Waals surface area contributed by atoms with Gasteiger partial charge < -0.3 is 24.9 Å². The first-order chi connectivity index (χ1) is 24.2. The van der Waals surface area contributed by atoms with Gasteiger partial charge in [0.2, 0.25) is 17.4 Å². The van der Waals surface area contributed by atoms with Gasteiger partial charge in [0.25, 0.3) is 16.4 Å². The van der Waals surface area contributed by atoms with Crippen LogP contribution in [0, 0.1) is 18.6 Å². The Kier molecular flexibility index (Phi) is 9.50. The third-order valence-electron chi connectivity index (χ3n) is 7.47. The van der Waals surface area contributed by atoms with Gasteiger partial charge in [-0.2, -0.15) is 5.10 Å². The highest BCUT2D eigenvalue weighted by atomic mass is 35.5. The summed E-state index contributed by atoms with van der Waals surface area (Å²) in [6.07, 6.45) is -0.360. The number of para-hydroxylation sites is 1. The summed E-state index contributed by atoms with van der Waals surface area (Å²) in [6, 6.07) is 12.6. The smallest absolute Gasteiger partial charge is 0.272 e. The molecule has 0 spiro atoms. The fourth-order valence-corrected chi connectivity index (χ4v) is 6.58. The van der Waals surface area contributed by atoms with Gasteiger partial charge in [-0.15, -0.1) is 0 Å². The summed E-state index contributed by atoms with van der Waals surface area (Å²) < 4.78 is 100. The van der Waals surface area contributed by atoms with Crippen LogP contribution >= 0.6 is 11.6 Å². The normalized spacial score (nSPS) is 11.6. The number of aryl methyl sites for hydroxylation is 1. The summed E-state index contributed by atoms with van der Waals surface area (Å²) >= 11 is 6.15. The van der Waals surface area contributed by atoms with Crippen LogP contribution in [0.25, 0.3) is 16.6 Å². The van der Waals surface area contributed by atoms with Crippen LogP contribution in [-0.2, 0) is 10.0 Å². The number of sulfonamides is 1. The second-order valence-electron chi connectivity index (χ2n) is 10.9. The Hall–Kier alpha value is -5.81. The summed E-state index contributed by atoms with van der Waals surface area (Å²) in [5, 5.41) is 4.41. The van der Waals surface area contributed by atoms with Crippen LogP contribution in [-0.4, -0.2) is 54.1 Å². The quantitative estimate of drug-likeness (QED) is 0.0880. The van der Waals surface area contributed by atoms with E-state index < -0.39 is 46.2 Å². The Bertz CT molecular complexity index is 2400. The minimum Gasteiger partial charge on any atom is -0.497 e. The number of benzene rings is 3. The Labute approximate surface area is 291 Å². The lowest BCUT2D eigenvalue weighted by atomic mass is 10.1. The second kappa shape index (κ2) is 13.8. The van der Waals surface area contributed by atoms with Crippen molar-refractivity contribution in [2.45, 2.75) is 18.2 Å². The number of ether oxygens (including phenoxy) is 3. The molecule has 0 saturated heterocycles. The van der Waals surface area contributed by atoms with Crippen molar-refractivity contribution in [3.63, 3.8) is 0 Å². The number of fused-ring (bicyclic) bond motifs is 1. The molecule has 264 valence electrons. The number of carbonyl (C=O) groups is 1. The molecule has 0 aliphatic carbocycles. The molecule has 0 aliphatic heterocycles. The summed E-state index contributed by atoms with van der Waals surface area (Å²) in [6.45, 7) is 0.594. The highest BCUT2D eigenvalue weighted by Gasteiger charge is 2.25. The van der Waals surface area contributed by atoms with Crippen LogP contribution in [0.4, 0.5) is 29.1 Å². The Balaban J connectivity index is 1.30. The predicted octanol–water partition coefficient (Wildman–Crippen LogP) is 7.05. The Morgan fingerprint density at radius 2 is 1.82 bits per heavy atom. The largest absolute Gasteiger partial charge is 0.497 e. The zero-order valence-electron chi connectivity index (χ0n) is 26.4. The number of nitrogens with two attached hydrogens (primary N) is 1. The summed E-state index contributed by atoms with van der Waals surface area (Å²) in [4.78, 5) is 20.3. The van der Waals surface area contributed by atoms with E-state index in [1.165, 1.54) is 72.7 Å². The number of hydrogen-bond donors (Lipinski definition) is 3.